The second-order valence-electron chi connectivity index (χ2n) is 4.41. The lowest BCUT2D eigenvalue weighted by molar-refractivity contribution is -0.138. The summed E-state index contributed by atoms with van der Waals surface area (Å²) < 4.78 is 39.3. The molecule has 0 aromatic carbocycles. The van der Waals surface area contributed by atoms with Gasteiger partial charge < -0.3 is 5.32 Å². The number of halogens is 3. The molecule has 2 aromatic heterocycles. The number of pyridine rings is 2. The van der Waals surface area contributed by atoms with Crippen molar-refractivity contribution in [2.75, 3.05) is 7.05 Å². The Morgan fingerprint density at radius 3 is 2.30 bits per heavy atom. The molecule has 0 spiro atoms. The van der Waals surface area contributed by atoms with Gasteiger partial charge in [-0.3, -0.25) is 9.97 Å². The van der Waals surface area contributed by atoms with Crippen molar-refractivity contribution in [3.63, 3.8) is 0 Å². The maximum Gasteiger partial charge on any atom is 0.416 e. The lowest BCUT2D eigenvalue weighted by atomic mass is 9.94. The van der Waals surface area contributed by atoms with Crippen LogP contribution in [0.4, 0.5) is 13.2 Å². The van der Waals surface area contributed by atoms with Crippen LogP contribution in [0.1, 0.15) is 28.3 Å². The molecule has 1 N–H and O–H groups in total. The Kier molecular flexibility index (Phi) is 4.04. The zero-order valence-electron chi connectivity index (χ0n) is 11.1. The monoisotopic (exact) mass is 281 g/mol. The summed E-state index contributed by atoms with van der Waals surface area (Å²) in [5.74, 6) is 0. The summed E-state index contributed by atoms with van der Waals surface area (Å²) in [5.41, 5.74) is 1.00. The molecule has 106 valence electrons. The molecule has 0 fully saturated rings. The number of alkyl halides is 3. The molecule has 2 rings (SSSR count). The molecule has 0 aliphatic rings. The summed E-state index contributed by atoms with van der Waals surface area (Å²) >= 11 is 0. The van der Waals surface area contributed by atoms with Crippen molar-refractivity contribution in [1.29, 1.82) is 0 Å². The van der Waals surface area contributed by atoms with Crippen LogP contribution in [0.15, 0.2) is 36.9 Å². The van der Waals surface area contributed by atoms with E-state index in [2.05, 4.69) is 15.3 Å². The molecule has 1 unspecified atom stereocenters. The third-order valence-corrected chi connectivity index (χ3v) is 3.13. The van der Waals surface area contributed by atoms with E-state index < -0.39 is 17.8 Å². The van der Waals surface area contributed by atoms with Crippen LogP contribution in [0.3, 0.4) is 0 Å². The van der Waals surface area contributed by atoms with Crippen LogP contribution < -0.4 is 5.32 Å². The standard InChI is InChI=1S/C14H14F3N3/c1-9-7-19-5-3-10(9)13(18-2)11-8-20-6-4-12(11)14(15,16)17/h3-8,13,18H,1-2H3. The van der Waals surface area contributed by atoms with E-state index in [1.165, 1.54) is 6.20 Å². The quantitative estimate of drug-likeness (QED) is 0.939. The molecule has 6 heteroatoms. The second kappa shape index (κ2) is 5.58. The van der Waals surface area contributed by atoms with Crippen LogP contribution in [-0.4, -0.2) is 17.0 Å². The molecular formula is C14H14F3N3. The molecule has 0 radical (unpaired) electrons. The van der Waals surface area contributed by atoms with Crippen LogP contribution in [0, 0.1) is 6.92 Å². The zero-order chi connectivity index (χ0) is 14.8. The highest BCUT2D eigenvalue weighted by molar-refractivity contribution is 5.39. The molecule has 0 bridgehead atoms. The molecule has 1 atom stereocenters. The Labute approximate surface area is 114 Å². The molecule has 2 aromatic rings. The second-order valence-corrected chi connectivity index (χ2v) is 4.41. The van der Waals surface area contributed by atoms with Gasteiger partial charge in [0.05, 0.1) is 11.6 Å². The van der Waals surface area contributed by atoms with Gasteiger partial charge in [0.25, 0.3) is 0 Å². The highest BCUT2D eigenvalue weighted by Gasteiger charge is 2.35. The van der Waals surface area contributed by atoms with E-state index in [1.54, 1.807) is 25.5 Å². The summed E-state index contributed by atoms with van der Waals surface area (Å²) in [4.78, 5) is 7.79. The van der Waals surface area contributed by atoms with Crippen molar-refractivity contribution in [3.8, 4) is 0 Å². The number of aromatic nitrogens is 2. The summed E-state index contributed by atoms with van der Waals surface area (Å²) in [6.45, 7) is 1.82. The van der Waals surface area contributed by atoms with Gasteiger partial charge in [0, 0.05) is 30.4 Å². The Morgan fingerprint density at radius 1 is 1.05 bits per heavy atom. The number of nitrogens with zero attached hydrogens (tertiary/aromatic N) is 2. The van der Waals surface area contributed by atoms with E-state index in [9.17, 15) is 13.2 Å². The van der Waals surface area contributed by atoms with E-state index in [1.807, 2.05) is 6.92 Å². The van der Waals surface area contributed by atoms with Gasteiger partial charge in [-0.2, -0.15) is 13.2 Å². The van der Waals surface area contributed by atoms with Crippen LogP contribution in [0.2, 0.25) is 0 Å². The molecular weight excluding hydrogens is 267 g/mol. The SMILES string of the molecule is CNC(c1ccncc1C)c1cnccc1C(F)(F)F. The van der Waals surface area contributed by atoms with E-state index in [-0.39, 0.29) is 5.56 Å². The van der Waals surface area contributed by atoms with E-state index in [0.717, 1.165) is 23.4 Å². The van der Waals surface area contributed by atoms with E-state index in [4.69, 9.17) is 0 Å². The summed E-state index contributed by atoms with van der Waals surface area (Å²) in [6, 6.07) is 2.13. The van der Waals surface area contributed by atoms with Crippen molar-refractivity contribution in [1.82, 2.24) is 15.3 Å². The zero-order valence-corrected chi connectivity index (χ0v) is 11.1. The van der Waals surface area contributed by atoms with E-state index >= 15 is 0 Å². The van der Waals surface area contributed by atoms with Gasteiger partial charge in [-0.25, -0.2) is 0 Å². The molecule has 3 nitrogen and oxygen atoms in total. The van der Waals surface area contributed by atoms with Crippen molar-refractivity contribution in [2.45, 2.75) is 19.1 Å². The fourth-order valence-electron chi connectivity index (χ4n) is 2.18. The maximum atomic E-state index is 13.1. The van der Waals surface area contributed by atoms with Crippen LogP contribution in [0.5, 0.6) is 0 Å². The number of nitrogens with one attached hydrogen (secondary N) is 1. The largest absolute Gasteiger partial charge is 0.416 e. The molecule has 20 heavy (non-hydrogen) atoms. The topological polar surface area (TPSA) is 37.8 Å². The fraction of sp³-hybridized carbons (Fsp3) is 0.286. The highest BCUT2D eigenvalue weighted by atomic mass is 19.4. The predicted octanol–water partition coefficient (Wildman–Crippen LogP) is 3.11. The summed E-state index contributed by atoms with van der Waals surface area (Å²) in [6.07, 6.45) is 1.19. The van der Waals surface area contributed by atoms with Crippen molar-refractivity contribution >= 4 is 0 Å². The van der Waals surface area contributed by atoms with Crippen molar-refractivity contribution in [3.05, 3.63) is 59.2 Å². The number of hydrogen-bond acceptors (Lipinski definition) is 3. The highest BCUT2D eigenvalue weighted by Crippen LogP contribution is 2.36. The minimum atomic E-state index is -4.41. The average molecular weight is 281 g/mol. The molecule has 0 aliphatic heterocycles. The smallest absolute Gasteiger partial charge is 0.309 e. The van der Waals surface area contributed by atoms with Gasteiger partial charge in [-0.15, -0.1) is 0 Å². The first kappa shape index (κ1) is 14.5. The predicted molar refractivity (Wildman–Crippen MR) is 69.1 cm³/mol. The molecule has 2 heterocycles. The minimum Gasteiger partial charge on any atom is -0.309 e. The third-order valence-electron chi connectivity index (χ3n) is 3.13. The van der Waals surface area contributed by atoms with Gasteiger partial charge >= 0.3 is 6.18 Å². The van der Waals surface area contributed by atoms with Crippen LogP contribution in [-0.2, 0) is 6.18 Å². The lowest BCUT2D eigenvalue weighted by Crippen LogP contribution is -2.23. The van der Waals surface area contributed by atoms with E-state index in [0.29, 0.717) is 0 Å². The Morgan fingerprint density at radius 2 is 1.70 bits per heavy atom. The Balaban J connectivity index is 2.57. The number of hydrogen-bond donors (Lipinski definition) is 1. The van der Waals surface area contributed by atoms with Crippen molar-refractivity contribution in [2.24, 2.45) is 0 Å². The first-order valence-electron chi connectivity index (χ1n) is 6.04. The maximum absolute atomic E-state index is 13.1. The van der Waals surface area contributed by atoms with Crippen molar-refractivity contribution < 1.29 is 13.2 Å². The molecule has 0 saturated carbocycles. The average Bonchev–Trinajstić information content (AvgIpc) is 2.41. The summed E-state index contributed by atoms with van der Waals surface area (Å²) in [7, 11) is 1.62. The van der Waals surface area contributed by atoms with Gasteiger partial charge in [-0.05, 0) is 37.2 Å². The summed E-state index contributed by atoms with van der Waals surface area (Å²) in [5, 5.41) is 2.92. The third kappa shape index (κ3) is 2.80. The first-order chi connectivity index (χ1) is 9.45. The lowest BCUT2D eigenvalue weighted by Gasteiger charge is -2.22. The number of rotatable bonds is 3. The van der Waals surface area contributed by atoms with Crippen LogP contribution in [0.25, 0.3) is 0 Å². The van der Waals surface area contributed by atoms with Gasteiger partial charge in [-0.1, -0.05) is 0 Å². The molecule has 0 aliphatic carbocycles. The molecule has 0 amide bonds. The Bertz CT molecular complexity index is 596. The number of aryl methyl sites for hydroxylation is 1. The van der Waals surface area contributed by atoms with Gasteiger partial charge in [0.1, 0.15) is 0 Å². The van der Waals surface area contributed by atoms with Gasteiger partial charge in [0.15, 0.2) is 0 Å². The normalized spacial score (nSPS) is 13.2. The van der Waals surface area contributed by atoms with Crippen LogP contribution >= 0.6 is 0 Å². The fourth-order valence-corrected chi connectivity index (χ4v) is 2.18. The minimum absolute atomic E-state index is 0.108. The Hall–Kier alpha value is -1.95. The van der Waals surface area contributed by atoms with Gasteiger partial charge in [0.2, 0.25) is 0 Å². The molecule has 0 saturated heterocycles. The first-order valence-corrected chi connectivity index (χ1v) is 6.04.